The van der Waals surface area contributed by atoms with Crippen LogP contribution in [-0.2, 0) is 0 Å². The van der Waals surface area contributed by atoms with Crippen LogP contribution in [0.5, 0.6) is 0 Å². The molecule has 1 unspecified atom stereocenters. The zero-order valence-electron chi connectivity index (χ0n) is 11.2. The number of thioether (sulfide) groups is 1. The Morgan fingerprint density at radius 3 is 2.58 bits per heavy atom. The highest BCUT2D eigenvalue weighted by Gasteiger charge is 2.27. The van der Waals surface area contributed by atoms with E-state index in [-0.39, 0.29) is 0 Å². The number of benzene rings is 1. The fourth-order valence-electron chi connectivity index (χ4n) is 2.54. The molecule has 0 aliphatic carbocycles. The highest BCUT2D eigenvalue weighted by atomic mass is 32.2. The van der Waals surface area contributed by atoms with Crippen LogP contribution >= 0.6 is 11.8 Å². The Labute approximate surface area is 118 Å². The lowest BCUT2D eigenvalue weighted by Crippen LogP contribution is -2.32. The first-order valence-corrected chi connectivity index (χ1v) is 7.89. The Balaban J connectivity index is 1.87. The van der Waals surface area contributed by atoms with E-state index >= 15 is 0 Å². The van der Waals surface area contributed by atoms with Crippen LogP contribution in [0.1, 0.15) is 31.7 Å². The van der Waals surface area contributed by atoms with Gasteiger partial charge < -0.3 is 4.90 Å². The second-order valence-electron chi connectivity index (χ2n) is 4.94. The topological polar surface area (TPSA) is 28.0 Å². The number of amidine groups is 1. The van der Waals surface area contributed by atoms with Crippen LogP contribution in [0.4, 0.5) is 0 Å². The van der Waals surface area contributed by atoms with Gasteiger partial charge in [-0.3, -0.25) is 0 Å². The number of rotatable bonds is 2. The lowest BCUT2D eigenvalue weighted by atomic mass is 10.1. The maximum atomic E-state index is 4.52. The molecule has 1 aromatic rings. The van der Waals surface area contributed by atoms with E-state index < -0.39 is 0 Å². The van der Waals surface area contributed by atoms with Crippen molar-refractivity contribution < 1.29 is 0 Å². The van der Waals surface area contributed by atoms with Crippen LogP contribution in [-0.4, -0.2) is 34.1 Å². The normalized spacial score (nSPS) is 23.2. The first kappa shape index (κ1) is 12.7. The Kier molecular flexibility index (Phi) is 3.87. The van der Waals surface area contributed by atoms with E-state index in [1.54, 1.807) is 0 Å². The second-order valence-corrected chi connectivity index (χ2v) is 6.11. The van der Waals surface area contributed by atoms with Crippen molar-refractivity contribution in [2.24, 2.45) is 10.2 Å². The van der Waals surface area contributed by atoms with Crippen molar-refractivity contribution in [2.45, 2.75) is 31.4 Å². The summed E-state index contributed by atoms with van der Waals surface area (Å²) in [5, 5.41) is 10.5. The zero-order chi connectivity index (χ0) is 13.1. The summed E-state index contributed by atoms with van der Waals surface area (Å²) in [6, 6.07) is 10.4. The van der Waals surface area contributed by atoms with Crippen molar-refractivity contribution in [1.82, 2.24) is 4.90 Å². The van der Waals surface area contributed by atoms with Gasteiger partial charge in [0, 0.05) is 13.1 Å². The van der Waals surface area contributed by atoms with E-state index in [2.05, 4.69) is 46.3 Å². The number of hydrogen-bond donors (Lipinski definition) is 0. The minimum absolute atomic E-state index is 0.426. The van der Waals surface area contributed by atoms with Gasteiger partial charge in [-0.25, -0.2) is 0 Å². The van der Waals surface area contributed by atoms with Gasteiger partial charge in [-0.15, -0.1) is 5.10 Å². The number of likely N-dealkylation sites (tertiary alicyclic amines) is 1. The van der Waals surface area contributed by atoms with Crippen molar-refractivity contribution in [3.63, 3.8) is 0 Å². The molecule has 1 fully saturated rings. The number of hydrogen-bond acceptors (Lipinski definition) is 4. The van der Waals surface area contributed by atoms with E-state index in [0.717, 1.165) is 30.4 Å². The minimum atomic E-state index is 0.426. The van der Waals surface area contributed by atoms with Crippen LogP contribution < -0.4 is 0 Å². The van der Waals surface area contributed by atoms with Crippen LogP contribution in [0.25, 0.3) is 0 Å². The molecule has 0 spiro atoms. The third kappa shape index (κ3) is 2.68. The number of nitrogens with zero attached hydrogens (tertiary/aromatic N) is 3. The van der Waals surface area contributed by atoms with Crippen molar-refractivity contribution in [2.75, 3.05) is 13.1 Å². The van der Waals surface area contributed by atoms with Crippen LogP contribution in [0.2, 0.25) is 0 Å². The summed E-state index contributed by atoms with van der Waals surface area (Å²) in [4.78, 5) is 2.37. The van der Waals surface area contributed by atoms with Gasteiger partial charge in [0.15, 0.2) is 5.17 Å². The fraction of sp³-hybridized carbons (Fsp3) is 0.467. The summed E-state index contributed by atoms with van der Waals surface area (Å²) < 4.78 is 0. The van der Waals surface area contributed by atoms with E-state index in [0.29, 0.717) is 5.25 Å². The minimum Gasteiger partial charge on any atom is -0.350 e. The SMILES string of the molecule is CCC1SC(N2CCCC2)=NN=C1c1ccccc1. The molecule has 0 amide bonds. The lowest BCUT2D eigenvalue weighted by Gasteiger charge is -2.26. The van der Waals surface area contributed by atoms with Crippen molar-refractivity contribution in [1.29, 1.82) is 0 Å². The van der Waals surface area contributed by atoms with Gasteiger partial charge in [0.2, 0.25) is 0 Å². The van der Waals surface area contributed by atoms with Crippen molar-refractivity contribution in [3.8, 4) is 0 Å². The molecule has 0 bridgehead atoms. The summed E-state index contributed by atoms with van der Waals surface area (Å²) in [7, 11) is 0. The predicted octanol–water partition coefficient (Wildman–Crippen LogP) is 3.37. The Bertz CT molecular complexity index is 489. The standard InChI is InChI=1S/C15H19N3S/c1-2-13-14(12-8-4-3-5-9-12)16-17-15(19-13)18-10-6-7-11-18/h3-5,8-9,13H,2,6-7,10-11H2,1H3. The highest BCUT2D eigenvalue weighted by Crippen LogP contribution is 2.28. The van der Waals surface area contributed by atoms with Gasteiger partial charge in [-0.05, 0) is 24.8 Å². The molecule has 0 radical (unpaired) electrons. The van der Waals surface area contributed by atoms with E-state index in [1.807, 2.05) is 17.8 Å². The molecule has 2 aliphatic rings. The molecule has 100 valence electrons. The summed E-state index contributed by atoms with van der Waals surface area (Å²) in [6.07, 6.45) is 3.66. The third-order valence-electron chi connectivity index (χ3n) is 3.61. The van der Waals surface area contributed by atoms with Crippen LogP contribution in [0.3, 0.4) is 0 Å². The monoisotopic (exact) mass is 273 g/mol. The van der Waals surface area contributed by atoms with Gasteiger partial charge in [-0.1, -0.05) is 49.0 Å². The molecule has 1 aromatic carbocycles. The first-order chi connectivity index (χ1) is 9.38. The van der Waals surface area contributed by atoms with Crippen molar-refractivity contribution in [3.05, 3.63) is 35.9 Å². The Morgan fingerprint density at radius 1 is 1.16 bits per heavy atom. The molecule has 1 saturated heterocycles. The van der Waals surface area contributed by atoms with E-state index in [1.165, 1.54) is 18.4 Å². The average Bonchev–Trinajstić information content (AvgIpc) is 3.02. The lowest BCUT2D eigenvalue weighted by molar-refractivity contribution is 0.527. The average molecular weight is 273 g/mol. The summed E-state index contributed by atoms with van der Waals surface area (Å²) in [5.74, 6) is 0. The van der Waals surface area contributed by atoms with Gasteiger partial charge in [0.05, 0.1) is 11.0 Å². The predicted molar refractivity (Wildman–Crippen MR) is 82.9 cm³/mol. The first-order valence-electron chi connectivity index (χ1n) is 7.01. The van der Waals surface area contributed by atoms with Crippen LogP contribution in [0, 0.1) is 0 Å². The maximum Gasteiger partial charge on any atom is 0.186 e. The van der Waals surface area contributed by atoms with Gasteiger partial charge >= 0.3 is 0 Å². The summed E-state index contributed by atoms with van der Waals surface area (Å²) in [6.45, 7) is 4.50. The quantitative estimate of drug-likeness (QED) is 0.826. The Morgan fingerprint density at radius 2 is 1.89 bits per heavy atom. The highest BCUT2D eigenvalue weighted by molar-refractivity contribution is 8.15. The van der Waals surface area contributed by atoms with E-state index in [4.69, 9.17) is 0 Å². The molecule has 1 atom stereocenters. The molecule has 4 heteroatoms. The van der Waals surface area contributed by atoms with Gasteiger partial charge in [0.25, 0.3) is 0 Å². The molecular formula is C15H19N3S. The molecule has 2 heterocycles. The molecular weight excluding hydrogens is 254 g/mol. The second kappa shape index (κ2) is 5.78. The summed E-state index contributed by atoms with van der Waals surface area (Å²) >= 11 is 1.88. The smallest absolute Gasteiger partial charge is 0.186 e. The maximum absolute atomic E-state index is 4.52. The van der Waals surface area contributed by atoms with Gasteiger partial charge in [-0.2, -0.15) is 5.10 Å². The Hall–Kier alpha value is -1.29. The molecule has 0 saturated carbocycles. The molecule has 19 heavy (non-hydrogen) atoms. The van der Waals surface area contributed by atoms with E-state index in [9.17, 15) is 0 Å². The zero-order valence-corrected chi connectivity index (χ0v) is 12.1. The van der Waals surface area contributed by atoms with Gasteiger partial charge in [0.1, 0.15) is 0 Å². The third-order valence-corrected chi connectivity index (χ3v) is 5.00. The molecule has 2 aliphatic heterocycles. The fourth-order valence-corrected chi connectivity index (χ4v) is 3.68. The largest absolute Gasteiger partial charge is 0.350 e. The molecule has 0 N–H and O–H groups in total. The van der Waals surface area contributed by atoms with Crippen molar-refractivity contribution >= 4 is 22.6 Å². The molecule has 0 aromatic heterocycles. The molecule has 3 rings (SSSR count). The molecule has 3 nitrogen and oxygen atoms in total. The summed E-state index contributed by atoms with van der Waals surface area (Å²) in [5.41, 5.74) is 2.32. The van der Waals surface area contributed by atoms with Crippen LogP contribution in [0.15, 0.2) is 40.5 Å².